The van der Waals surface area contributed by atoms with Crippen LogP contribution in [0.3, 0.4) is 0 Å². The van der Waals surface area contributed by atoms with Crippen LogP contribution in [0.25, 0.3) is 0 Å². The average Bonchev–Trinajstić information content (AvgIpc) is 3.52. The van der Waals surface area contributed by atoms with Gasteiger partial charge in [0, 0.05) is 6.42 Å². The van der Waals surface area contributed by atoms with E-state index in [9.17, 15) is 19.2 Å². The van der Waals surface area contributed by atoms with E-state index in [1.54, 1.807) is 24.3 Å². The molecule has 0 aromatic heterocycles. The number of anilines is 1. The molecule has 1 saturated carbocycles. The van der Waals surface area contributed by atoms with E-state index < -0.39 is 36.4 Å². The van der Waals surface area contributed by atoms with Gasteiger partial charge >= 0.3 is 5.97 Å². The second-order valence-electron chi connectivity index (χ2n) is 8.89. The van der Waals surface area contributed by atoms with Gasteiger partial charge in [-0.1, -0.05) is 66.2 Å². The van der Waals surface area contributed by atoms with E-state index in [0.29, 0.717) is 10.7 Å². The Morgan fingerprint density at radius 2 is 1.59 bits per heavy atom. The summed E-state index contributed by atoms with van der Waals surface area (Å²) >= 11 is 6.06. The first kappa shape index (κ1) is 22.3. The lowest BCUT2D eigenvalue weighted by atomic mass is 9.85. The lowest BCUT2D eigenvalue weighted by Gasteiger charge is -2.26. The number of hydrogen-bond acceptors (Lipinski definition) is 5. The number of likely N-dealkylation sites (tertiary alicyclic amines) is 1. The van der Waals surface area contributed by atoms with Gasteiger partial charge in [0.05, 0.1) is 22.5 Å². The Balaban J connectivity index is 1.32. The highest BCUT2D eigenvalue weighted by Gasteiger charge is 2.61. The summed E-state index contributed by atoms with van der Waals surface area (Å²) < 4.78 is 5.29. The van der Waals surface area contributed by atoms with Gasteiger partial charge in [0.2, 0.25) is 11.8 Å². The van der Waals surface area contributed by atoms with E-state index in [1.807, 2.05) is 42.5 Å². The van der Waals surface area contributed by atoms with Crippen LogP contribution in [0.4, 0.5) is 5.69 Å². The number of nitrogens with one attached hydrogen (secondary N) is 1. The molecule has 1 saturated heterocycles. The van der Waals surface area contributed by atoms with E-state index in [1.165, 1.54) is 0 Å². The maximum absolute atomic E-state index is 13.3. The minimum atomic E-state index is -1.14. The fraction of sp³-hybridized carbons (Fsp3) is 0.308. The second kappa shape index (κ2) is 9.06. The van der Waals surface area contributed by atoms with Gasteiger partial charge in [-0.3, -0.25) is 19.3 Å². The van der Waals surface area contributed by atoms with E-state index in [2.05, 4.69) is 5.32 Å². The van der Waals surface area contributed by atoms with Crippen LogP contribution in [0, 0.1) is 23.7 Å². The minimum absolute atomic E-state index is 0.0336. The summed E-state index contributed by atoms with van der Waals surface area (Å²) in [6.45, 7) is -0.564. The van der Waals surface area contributed by atoms with Gasteiger partial charge in [-0.15, -0.1) is 0 Å². The quantitative estimate of drug-likeness (QED) is 0.374. The zero-order valence-electron chi connectivity index (χ0n) is 18.2. The Morgan fingerprint density at radius 1 is 0.971 bits per heavy atom. The van der Waals surface area contributed by atoms with Crippen molar-refractivity contribution in [3.8, 4) is 0 Å². The fourth-order valence-electron chi connectivity index (χ4n) is 5.33. The Labute approximate surface area is 201 Å². The number of benzene rings is 2. The van der Waals surface area contributed by atoms with E-state index in [4.69, 9.17) is 16.3 Å². The molecule has 8 heteroatoms. The molecule has 5 atom stereocenters. The smallest absolute Gasteiger partial charge is 0.330 e. The molecule has 0 spiro atoms. The van der Waals surface area contributed by atoms with Crippen molar-refractivity contribution in [2.45, 2.75) is 18.9 Å². The maximum Gasteiger partial charge on any atom is 0.330 e. The highest BCUT2D eigenvalue weighted by molar-refractivity contribution is 6.33. The molecule has 0 radical (unpaired) electrons. The molecular formula is C26H23ClN2O5. The van der Waals surface area contributed by atoms with Crippen molar-refractivity contribution < 1.29 is 23.9 Å². The van der Waals surface area contributed by atoms with Crippen molar-refractivity contribution in [3.05, 3.63) is 77.3 Å². The molecule has 3 aliphatic rings. The Morgan fingerprint density at radius 3 is 2.24 bits per heavy atom. The molecule has 2 aromatic carbocycles. The number of hydrogen-bond donors (Lipinski definition) is 1. The van der Waals surface area contributed by atoms with E-state index in [-0.39, 0.29) is 30.1 Å². The zero-order chi connectivity index (χ0) is 23.8. The number of allylic oxidation sites excluding steroid dienone is 2. The molecule has 0 unspecified atom stereocenters. The van der Waals surface area contributed by atoms with Gasteiger partial charge in [-0.2, -0.15) is 0 Å². The van der Waals surface area contributed by atoms with Crippen molar-refractivity contribution in [3.63, 3.8) is 0 Å². The first-order chi connectivity index (χ1) is 16.4. The number of esters is 1. The normalized spacial score (nSPS) is 25.4. The number of imide groups is 1. The number of ether oxygens (including phenoxy) is 1. The molecule has 3 amide bonds. The molecule has 1 heterocycles. The van der Waals surface area contributed by atoms with Gasteiger partial charge in [0.1, 0.15) is 6.04 Å². The number of amides is 3. The lowest BCUT2D eigenvalue weighted by Crippen LogP contribution is -2.48. The molecule has 1 aliphatic heterocycles. The molecule has 2 aromatic rings. The maximum atomic E-state index is 13.3. The first-order valence-electron chi connectivity index (χ1n) is 11.2. The molecular weight excluding hydrogens is 456 g/mol. The second-order valence-corrected chi connectivity index (χ2v) is 9.29. The van der Waals surface area contributed by atoms with Crippen LogP contribution >= 0.6 is 11.6 Å². The highest BCUT2D eigenvalue weighted by atomic mass is 35.5. The average molecular weight is 479 g/mol. The number of nitrogens with zero attached hydrogens (tertiary/aromatic N) is 1. The Kier molecular flexibility index (Phi) is 5.96. The van der Waals surface area contributed by atoms with Gasteiger partial charge in [0.25, 0.3) is 5.91 Å². The zero-order valence-corrected chi connectivity index (χ0v) is 19.0. The summed E-state index contributed by atoms with van der Waals surface area (Å²) in [7, 11) is 0. The van der Waals surface area contributed by atoms with Crippen LogP contribution in [0.5, 0.6) is 0 Å². The Bertz CT molecular complexity index is 1150. The highest BCUT2D eigenvalue weighted by Crippen LogP contribution is 2.53. The van der Waals surface area contributed by atoms with Crippen molar-refractivity contribution in [1.29, 1.82) is 0 Å². The Hall–Kier alpha value is -3.45. The number of para-hydroxylation sites is 1. The number of rotatable bonds is 7. The number of fused-ring (bicyclic) bond motifs is 5. The molecule has 1 N–H and O–H groups in total. The summed E-state index contributed by atoms with van der Waals surface area (Å²) in [5, 5.41) is 2.94. The van der Waals surface area contributed by atoms with Crippen molar-refractivity contribution in [1.82, 2.24) is 4.90 Å². The summed E-state index contributed by atoms with van der Waals surface area (Å²) in [4.78, 5) is 53.2. The minimum Gasteiger partial charge on any atom is -0.454 e. The van der Waals surface area contributed by atoms with Gasteiger partial charge < -0.3 is 10.1 Å². The largest absolute Gasteiger partial charge is 0.454 e. The molecule has 2 aliphatic carbocycles. The molecule has 2 bridgehead atoms. The van der Waals surface area contributed by atoms with E-state index >= 15 is 0 Å². The van der Waals surface area contributed by atoms with Crippen LogP contribution in [-0.4, -0.2) is 41.2 Å². The summed E-state index contributed by atoms with van der Waals surface area (Å²) in [6.07, 6.45) is 4.93. The van der Waals surface area contributed by atoms with Crippen molar-refractivity contribution in [2.75, 3.05) is 11.9 Å². The molecule has 34 heavy (non-hydrogen) atoms. The monoisotopic (exact) mass is 478 g/mol. The van der Waals surface area contributed by atoms with Crippen molar-refractivity contribution in [2.24, 2.45) is 23.7 Å². The fourth-order valence-corrected chi connectivity index (χ4v) is 5.51. The predicted octanol–water partition coefficient (Wildman–Crippen LogP) is 3.24. The number of carbonyl (C=O) groups excluding carboxylic acids is 4. The van der Waals surface area contributed by atoms with Crippen LogP contribution < -0.4 is 5.32 Å². The predicted molar refractivity (Wildman–Crippen MR) is 125 cm³/mol. The SMILES string of the molecule is O=C(COC(=O)[C@H](Cc1ccccc1)N1C(=O)[C@H]2[C@H](C1=O)[C@H]1C=C[C@H]2C1)Nc1ccccc1Cl. The third-order valence-electron chi connectivity index (χ3n) is 6.85. The topological polar surface area (TPSA) is 92.8 Å². The summed E-state index contributed by atoms with van der Waals surface area (Å²) in [5.41, 5.74) is 1.18. The number of halogens is 1. The molecule has 174 valence electrons. The van der Waals surface area contributed by atoms with Crippen LogP contribution in [0.15, 0.2) is 66.7 Å². The van der Waals surface area contributed by atoms with Crippen LogP contribution in [-0.2, 0) is 30.3 Å². The molecule has 2 fully saturated rings. The molecule has 5 rings (SSSR count). The summed E-state index contributed by atoms with van der Waals surface area (Å²) in [6, 6.07) is 14.7. The molecule has 7 nitrogen and oxygen atoms in total. The van der Waals surface area contributed by atoms with Crippen molar-refractivity contribution >= 4 is 41.0 Å². The lowest BCUT2D eigenvalue weighted by molar-refractivity contribution is -0.160. The van der Waals surface area contributed by atoms with Gasteiger partial charge in [-0.25, -0.2) is 4.79 Å². The number of carbonyl (C=O) groups is 4. The third kappa shape index (κ3) is 4.01. The van der Waals surface area contributed by atoms with Crippen LogP contribution in [0.2, 0.25) is 5.02 Å². The standard InChI is InChI=1S/C26H23ClN2O5/c27-18-8-4-5-9-19(18)28-21(30)14-34-26(33)20(12-15-6-2-1-3-7-15)29-24(31)22-16-10-11-17(13-16)23(22)25(29)32/h1-11,16-17,20,22-23H,12-14H2,(H,28,30)/t16-,17-,20-,22+,23+/m0/s1. The van der Waals surface area contributed by atoms with Gasteiger partial charge in [-0.05, 0) is 36.0 Å². The third-order valence-corrected chi connectivity index (χ3v) is 7.18. The first-order valence-corrected chi connectivity index (χ1v) is 11.6. The van der Waals surface area contributed by atoms with Gasteiger partial charge in [0.15, 0.2) is 6.61 Å². The van der Waals surface area contributed by atoms with Crippen LogP contribution in [0.1, 0.15) is 12.0 Å². The van der Waals surface area contributed by atoms with E-state index in [0.717, 1.165) is 16.9 Å². The summed E-state index contributed by atoms with van der Waals surface area (Å²) in [5.74, 6) is -2.79.